The van der Waals surface area contributed by atoms with Crippen LogP contribution in [0.1, 0.15) is 58.9 Å². The zero-order valence-electron chi connectivity index (χ0n) is 18.7. The minimum absolute atomic E-state index is 0.0914. The number of nitrogens with one attached hydrogen (secondary N) is 1. The van der Waals surface area contributed by atoms with Gasteiger partial charge < -0.3 is 15.0 Å². The molecule has 6 nitrogen and oxygen atoms in total. The van der Waals surface area contributed by atoms with E-state index < -0.39 is 0 Å². The summed E-state index contributed by atoms with van der Waals surface area (Å²) in [5.41, 5.74) is 3.16. The first-order valence-electron chi connectivity index (χ1n) is 10.4. The maximum absolute atomic E-state index is 11.9. The van der Waals surface area contributed by atoms with Crippen LogP contribution in [0.5, 0.6) is 0 Å². The number of carbonyl (C=O) groups is 1. The Balaban J connectivity index is 2.46. The molecule has 0 saturated heterocycles. The van der Waals surface area contributed by atoms with E-state index in [2.05, 4.69) is 72.4 Å². The second-order valence-electron chi connectivity index (χ2n) is 8.35. The van der Waals surface area contributed by atoms with Crippen LogP contribution >= 0.6 is 23.1 Å². The lowest BCUT2D eigenvalue weighted by atomic mass is 9.92. The van der Waals surface area contributed by atoms with Crippen molar-refractivity contribution in [2.24, 2.45) is 11.8 Å². The molecule has 0 spiro atoms. The van der Waals surface area contributed by atoms with E-state index in [1.54, 1.807) is 0 Å². The molecule has 0 aliphatic carbocycles. The van der Waals surface area contributed by atoms with Gasteiger partial charge >= 0.3 is 5.97 Å². The number of hydrogen-bond acceptors (Lipinski definition) is 7. The summed E-state index contributed by atoms with van der Waals surface area (Å²) in [6, 6.07) is 6.39. The van der Waals surface area contributed by atoms with Gasteiger partial charge in [-0.15, -0.1) is 0 Å². The predicted octanol–water partition coefficient (Wildman–Crippen LogP) is 6.11. The number of methoxy groups -OCH3 is 1. The van der Waals surface area contributed by atoms with Crippen LogP contribution in [-0.4, -0.2) is 35.5 Å². The van der Waals surface area contributed by atoms with Crippen LogP contribution in [0, 0.1) is 11.8 Å². The number of hydrogen-bond donors (Lipinski definition) is 1. The van der Waals surface area contributed by atoms with Gasteiger partial charge in [0.2, 0.25) is 10.4 Å². The van der Waals surface area contributed by atoms with Gasteiger partial charge in [0.1, 0.15) is 0 Å². The standard InChI is InChI=1S/C22H33ClN4O2S/c1-7-16(11-20(28)29-6)17-8-9-19(27(12-14(2)3)13-15(4)5)18(10-17)24-22-25-21(23)26-30-22/h8-10,14-16H,7,11-13H2,1-6H3,(H,24,25,26)/t16-/m1/s1. The number of esters is 1. The highest BCUT2D eigenvalue weighted by atomic mass is 35.5. The third-order valence-corrected chi connectivity index (χ3v) is 5.68. The van der Waals surface area contributed by atoms with Crippen molar-refractivity contribution in [2.45, 2.75) is 53.4 Å². The van der Waals surface area contributed by atoms with Gasteiger partial charge in [0, 0.05) is 24.6 Å². The summed E-state index contributed by atoms with van der Waals surface area (Å²) < 4.78 is 8.95. The minimum Gasteiger partial charge on any atom is -0.469 e. The quantitative estimate of drug-likeness (QED) is 0.415. The molecule has 0 aliphatic rings. The van der Waals surface area contributed by atoms with Crippen LogP contribution in [0.2, 0.25) is 5.28 Å². The molecule has 0 amide bonds. The van der Waals surface area contributed by atoms with E-state index in [0.717, 1.165) is 36.4 Å². The first-order chi connectivity index (χ1) is 14.2. The zero-order chi connectivity index (χ0) is 22.3. The molecule has 0 unspecified atom stereocenters. The van der Waals surface area contributed by atoms with Gasteiger partial charge in [-0.3, -0.25) is 4.79 Å². The van der Waals surface area contributed by atoms with Gasteiger partial charge in [0.25, 0.3) is 0 Å². The monoisotopic (exact) mass is 452 g/mol. The zero-order valence-corrected chi connectivity index (χ0v) is 20.3. The highest BCUT2D eigenvalue weighted by Gasteiger charge is 2.20. The fourth-order valence-electron chi connectivity index (χ4n) is 3.49. The Morgan fingerprint density at radius 3 is 2.40 bits per heavy atom. The molecule has 0 bridgehead atoms. The predicted molar refractivity (Wildman–Crippen MR) is 126 cm³/mol. The fourth-order valence-corrected chi connectivity index (χ4v) is 4.21. The topological polar surface area (TPSA) is 67.3 Å². The summed E-state index contributed by atoms with van der Waals surface area (Å²) in [6.45, 7) is 12.9. The van der Waals surface area contributed by atoms with Gasteiger partial charge in [0.15, 0.2) is 0 Å². The van der Waals surface area contributed by atoms with E-state index >= 15 is 0 Å². The average molecular weight is 453 g/mol. The molecule has 1 aromatic carbocycles. The van der Waals surface area contributed by atoms with E-state index in [1.807, 2.05) is 0 Å². The number of anilines is 3. The van der Waals surface area contributed by atoms with E-state index in [1.165, 1.54) is 18.6 Å². The molecule has 166 valence electrons. The van der Waals surface area contributed by atoms with Gasteiger partial charge in [-0.2, -0.15) is 9.36 Å². The van der Waals surface area contributed by atoms with Crippen LogP contribution in [-0.2, 0) is 9.53 Å². The minimum atomic E-state index is -0.197. The molecule has 8 heteroatoms. The summed E-state index contributed by atoms with van der Waals surface area (Å²) in [5, 5.41) is 4.29. The Kier molecular flexibility index (Phi) is 9.37. The maximum atomic E-state index is 11.9. The largest absolute Gasteiger partial charge is 0.469 e. The van der Waals surface area contributed by atoms with Crippen molar-refractivity contribution in [1.82, 2.24) is 9.36 Å². The van der Waals surface area contributed by atoms with Crippen molar-refractivity contribution in [3.8, 4) is 0 Å². The van der Waals surface area contributed by atoms with Gasteiger partial charge in [-0.1, -0.05) is 40.7 Å². The van der Waals surface area contributed by atoms with Crippen molar-refractivity contribution in [1.29, 1.82) is 0 Å². The molecule has 0 radical (unpaired) electrons. The first kappa shape index (κ1) is 24.4. The molecule has 2 aromatic rings. The summed E-state index contributed by atoms with van der Waals surface area (Å²) in [5.74, 6) is 0.941. The molecular weight excluding hydrogens is 420 g/mol. The summed E-state index contributed by atoms with van der Waals surface area (Å²) in [7, 11) is 1.43. The number of benzene rings is 1. The highest BCUT2D eigenvalue weighted by Crippen LogP contribution is 2.35. The van der Waals surface area contributed by atoms with Crippen molar-refractivity contribution < 1.29 is 9.53 Å². The molecular formula is C22H33ClN4O2S. The van der Waals surface area contributed by atoms with E-state index in [0.29, 0.717) is 23.4 Å². The van der Waals surface area contributed by atoms with Gasteiger partial charge in [-0.25, -0.2) is 0 Å². The molecule has 1 N–H and O–H groups in total. The SMILES string of the molecule is CC[C@H](CC(=O)OC)c1ccc(N(CC(C)C)CC(C)C)c(Nc2nc(Cl)ns2)c1. The summed E-state index contributed by atoms with van der Waals surface area (Å²) in [4.78, 5) is 18.5. The Hall–Kier alpha value is -1.86. The van der Waals surface area contributed by atoms with E-state index in [9.17, 15) is 4.79 Å². The summed E-state index contributed by atoms with van der Waals surface area (Å²) >= 11 is 7.16. The Morgan fingerprint density at radius 1 is 1.23 bits per heavy atom. The number of rotatable bonds is 11. The van der Waals surface area contributed by atoms with Crippen LogP contribution in [0.15, 0.2) is 18.2 Å². The molecule has 1 atom stereocenters. The number of carbonyl (C=O) groups excluding carboxylic acids is 1. The number of aromatic nitrogens is 2. The van der Waals surface area contributed by atoms with E-state index in [-0.39, 0.29) is 17.2 Å². The van der Waals surface area contributed by atoms with Gasteiger partial charge in [-0.05, 0) is 53.5 Å². The Bertz CT molecular complexity index is 815. The second kappa shape index (κ2) is 11.5. The Morgan fingerprint density at radius 2 is 1.90 bits per heavy atom. The number of ether oxygens (including phenoxy) is 1. The average Bonchev–Trinajstić information content (AvgIpc) is 3.09. The Labute approximate surface area is 189 Å². The lowest BCUT2D eigenvalue weighted by Crippen LogP contribution is -2.31. The molecule has 1 aromatic heterocycles. The van der Waals surface area contributed by atoms with Gasteiger partial charge in [0.05, 0.1) is 24.9 Å². The smallest absolute Gasteiger partial charge is 0.306 e. The second-order valence-corrected chi connectivity index (χ2v) is 9.44. The van der Waals surface area contributed by atoms with Crippen LogP contribution < -0.4 is 10.2 Å². The van der Waals surface area contributed by atoms with Crippen molar-refractivity contribution in [3.63, 3.8) is 0 Å². The van der Waals surface area contributed by atoms with E-state index in [4.69, 9.17) is 16.3 Å². The van der Waals surface area contributed by atoms with Crippen LogP contribution in [0.25, 0.3) is 0 Å². The molecule has 30 heavy (non-hydrogen) atoms. The van der Waals surface area contributed by atoms with Crippen LogP contribution in [0.3, 0.4) is 0 Å². The van der Waals surface area contributed by atoms with Crippen molar-refractivity contribution in [2.75, 3.05) is 30.4 Å². The fraction of sp³-hybridized carbons (Fsp3) is 0.591. The van der Waals surface area contributed by atoms with Crippen molar-refractivity contribution >= 4 is 45.6 Å². The number of halogens is 1. The maximum Gasteiger partial charge on any atom is 0.306 e. The highest BCUT2D eigenvalue weighted by molar-refractivity contribution is 7.10. The van der Waals surface area contributed by atoms with Crippen molar-refractivity contribution in [3.05, 3.63) is 29.0 Å². The molecule has 0 aliphatic heterocycles. The lowest BCUT2D eigenvalue weighted by Gasteiger charge is -2.31. The third kappa shape index (κ3) is 7.13. The molecule has 2 rings (SSSR count). The first-order valence-corrected chi connectivity index (χ1v) is 11.6. The molecule has 0 fully saturated rings. The van der Waals surface area contributed by atoms with Crippen LogP contribution in [0.4, 0.5) is 16.5 Å². The normalized spacial score (nSPS) is 12.3. The number of nitrogens with zero attached hydrogens (tertiary/aromatic N) is 3. The third-order valence-electron chi connectivity index (χ3n) is 4.78. The molecule has 1 heterocycles. The lowest BCUT2D eigenvalue weighted by molar-refractivity contribution is -0.141. The molecule has 0 saturated carbocycles. The summed E-state index contributed by atoms with van der Waals surface area (Å²) in [6.07, 6.45) is 1.21.